The molecule has 1 aliphatic carbocycles. The number of ketones is 1. The van der Waals surface area contributed by atoms with Gasteiger partial charge in [-0.2, -0.15) is 0 Å². The van der Waals surface area contributed by atoms with Gasteiger partial charge >= 0.3 is 0 Å². The molecule has 1 N–H and O–H groups in total. The molecule has 1 atom stereocenters. The topological polar surface area (TPSA) is 102 Å². The van der Waals surface area contributed by atoms with E-state index in [9.17, 15) is 18.0 Å². The smallest absolute Gasteiger partial charge is 0.271 e. The number of Topliss-reactive ketones (excluding diaryl/α,β-unsaturated/α-hetero) is 1. The van der Waals surface area contributed by atoms with Gasteiger partial charge in [0.25, 0.3) is 15.9 Å². The van der Waals surface area contributed by atoms with Gasteiger partial charge in [0.15, 0.2) is 12.4 Å². The second kappa shape index (κ2) is 7.81. The van der Waals surface area contributed by atoms with Crippen LogP contribution in [-0.2, 0) is 14.8 Å². The van der Waals surface area contributed by atoms with Gasteiger partial charge in [-0.1, -0.05) is 24.6 Å². The number of aromatic nitrogens is 1. The Labute approximate surface area is 175 Å². The number of nitrogens with one attached hydrogen (secondary N) is 1. The highest BCUT2D eigenvalue weighted by atomic mass is 79.9. The highest BCUT2D eigenvalue weighted by Gasteiger charge is 2.31. The number of benzene rings is 1. The molecule has 1 unspecified atom stereocenters. The molecule has 1 aromatic carbocycles. The van der Waals surface area contributed by atoms with Gasteiger partial charge in [0.05, 0.1) is 10.0 Å². The van der Waals surface area contributed by atoms with Crippen molar-refractivity contribution in [2.75, 3.05) is 6.61 Å². The van der Waals surface area contributed by atoms with Gasteiger partial charge in [0.2, 0.25) is 0 Å². The lowest BCUT2D eigenvalue weighted by atomic mass is 9.97. The summed E-state index contributed by atoms with van der Waals surface area (Å²) in [5, 5.41) is 0.0979. The Kier molecular flexibility index (Phi) is 5.79. The van der Waals surface area contributed by atoms with Crippen LogP contribution in [0, 0.1) is 6.92 Å². The molecular formula is C18H16BrClN2O5S. The summed E-state index contributed by atoms with van der Waals surface area (Å²) in [5.41, 5.74) is 2.36. The highest BCUT2D eigenvalue weighted by Crippen LogP contribution is 2.40. The normalized spacial score (nSPS) is 16.0. The fourth-order valence-electron chi connectivity index (χ4n) is 3.16. The quantitative estimate of drug-likeness (QED) is 0.649. The van der Waals surface area contributed by atoms with E-state index in [-0.39, 0.29) is 32.0 Å². The molecule has 1 amide bonds. The average molecular weight is 488 g/mol. The third-order valence-electron chi connectivity index (χ3n) is 4.38. The average Bonchev–Trinajstić information content (AvgIpc) is 2.92. The molecule has 0 aliphatic heterocycles. The van der Waals surface area contributed by atoms with Crippen molar-refractivity contribution in [3.63, 3.8) is 0 Å². The largest absolute Gasteiger partial charge is 0.483 e. The van der Waals surface area contributed by atoms with Crippen LogP contribution in [0.3, 0.4) is 0 Å². The van der Waals surface area contributed by atoms with E-state index in [2.05, 4.69) is 20.9 Å². The van der Waals surface area contributed by atoms with Gasteiger partial charge in [0, 0.05) is 12.6 Å². The van der Waals surface area contributed by atoms with Gasteiger partial charge in [-0.05, 0) is 52.0 Å². The number of carbonyl (C=O) groups excluding carboxylic acids is 2. The van der Waals surface area contributed by atoms with E-state index in [0.717, 1.165) is 17.3 Å². The van der Waals surface area contributed by atoms with Gasteiger partial charge in [0.1, 0.15) is 15.8 Å². The SMILES string of the molecule is Cc1ccc(OCC(=O)NS(=O)(=O)c2cnc(Cl)c(Br)c2)c2c1C(C)CC2=O. The molecule has 2 aromatic rings. The van der Waals surface area contributed by atoms with E-state index in [1.165, 1.54) is 6.07 Å². The number of hydrogen-bond acceptors (Lipinski definition) is 6. The van der Waals surface area contributed by atoms with Crippen molar-refractivity contribution in [2.45, 2.75) is 31.1 Å². The van der Waals surface area contributed by atoms with Crippen LogP contribution in [0.4, 0.5) is 0 Å². The number of carbonyl (C=O) groups is 2. The van der Waals surface area contributed by atoms with Gasteiger partial charge < -0.3 is 4.74 Å². The summed E-state index contributed by atoms with van der Waals surface area (Å²) in [6.07, 6.45) is 1.42. The Bertz CT molecular complexity index is 1090. The molecule has 0 fully saturated rings. The summed E-state index contributed by atoms with van der Waals surface area (Å²) >= 11 is 8.83. The summed E-state index contributed by atoms with van der Waals surface area (Å²) in [7, 11) is -4.14. The number of amides is 1. The zero-order chi connectivity index (χ0) is 20.6. The van der Waals surface area contributed by atoms with Crippen LogP contribution in [0.2, 0.25) is 5.15 Å². The standard InChI is InChI=1S/C18H16BrClN2O5S/c1-9-3-4-14(17-13(23)5-10(2)16(9)17)27-8-15(24)22-28(25,26)11-6-12(19)18(20)21-7-11/h3-4,6-7,10H,5,8H2,1-2H3,(H,22,24). The van der Waals surface area contributed by atoms with Crippen molar-refractivity contribution in [1.82, 2.24) is 9.71 Å². The van der Waals surface area contributed by atoms with E-state index < -0.39 is 22.5 Å². The first kappa shape index (κ1) is 20.8. The molecule has 0 spiro atoms. The molecule has 0 radical (unpaired) electrons. The number of rotatable bonds is 5. The minimum absolute atomic E-state index is 0.0497. The molecule has 148 valence electrons. The van der Waals surface area contributed by atoms with Crippen LogP contribution in [-0.4, -0.2) is 31.7 Å². The predicted molar refractivity (Wildman–Crippen MR) is 106 cm³/mol. The molecular weight excluding hydrogens is 472 g/mol. The lowest BCUT2D eigenvalue weighted by molar-refractivity contribution is -0.121. The van der Waals surface area contributed by atoms with Crippen LogP contribution in [0.25, 0.3) is 0 Å². The molecule has 0 saturated heterocycles. The number of halogens is 2. The van der Waals surface area contributed by atoms with E-state index in [4.69, 9.17) is 16.3 Å². The molecule has 28 heavy (non-hydrogen) atoms. The number of aryl methyl sites for hydroxylation is 1. The molecule has 10 heteroatoms. The summed E-state index contributed by atoms with van der Waals surface area (Å²) in [4.78, 5) is 27.9. The fraction of sp³-hybridized carbons (Fsp3) is 0.278. The van der Waals surface area contributed by atoms with Crippen molar-refractivity contribution >= 4 is 49.2 Å². The molecule has 3 rings (SSSR count). The number of sulfonamides is 1. The Morgan fingerprint density at radius 2 is 2.14 bits per heavy atom. The lowest BCUT2D eigenvalue weighted by Gasteiger charge is -2.13. The number of ether oxygens (including phenoxy) is 1. The van der Waals surface area contributed by atoms with Crippen LogP contribution < -0.4 is 9.46 Å². The maximum atomic E-state index is 12.3. The van der Waals surface area contributed by atoms with Crippen LogP contribution in [0.5, 0.6) is 5.75 Å². The van der Waals surface area contributed by atoms with Crippen molar-refractivity contribution in [3.05, 3.63) is 50.7 Å². The zero-order valence-electron chi connectivity index (χ0n) is 15.0. The first-order valence-corrected chi connectivity index (χ1v) is 10.9. The Morgan fingerprint density at radius 1 is 1.43 bits per heavy atom. The minimum Gasteiger partial charge on any atom is -0.483 e. The van der Waals surface area contributed by atoms with E-state index in [1.807, 2.05) is 24.6 Å². The maximum absolute atomic E-state index is 12.3. The van der Waals surface area contributed by atoms with Gasteiger partial charge in [-0.3, -0.25) is 9.59 Å². The van der Waals surface area contributed by atoms with Crippen LogP contribution in [0.1, 0.15) is 40.7 Å². The molecule has 1 aromatic heterocycles. The number of fused-ring (bicyclic) bond motifs is 1. The van der Waals surface area contributed by atoms with E-state index in [0.29, 0.717) is 12.0 Å². The Morgan fingerprint density at radius 3 is 2.82 bits per heavy atom. The first-order valence-electron chi connectivity index (χ1n) is 8.26. The van der Waals surface area contributed by atoms with Crippen LogP contribution in [0.15, 0.2) is 33.8 Å². The summed E-state index contributed by atoms with van der Waals surface area (Å²) in [6, 6.07) is 4.67. The van der Waals surface area contributed by atoms with Gasteiger partial charge in [-0.15, -0.1) is 0 Å². The van der Waals surface area contributed by atoms with Gasteiger partial charge in [-0.25, -0.2) is 18.1 Å². The molecule has 1 heterocycles. The fourth-order valence-corrected chi connectivity index (χ4v) is 4.71. The first-order chi connectivity index (χ1) is 13.1. The Balaban J connectivity index is 1.73. The van der Waals surface area contributed by atoms with E-state index in [1.54, 1.807) is 6.07 Å². The summed E-state index contributed by atoms with van der Waals surface area (Å²) in [5.74, 6) is -0.570. The maximum Gasteiger partial charge on any atom is 0.271 e. The highest BCUT2D eigenvalue weighted by molar-refractivity contribution is 9.10. The minimum atomic E-state index is -4.14. The number of nitrogens with zero attached hydrogens (tertiary/aromatic N) is 1. The van der Waals surface area contributed by atoms with Crippen molar-refractivity contribution in [1.29, 1.82) is 0 Å². The van der Waals surface area contributed by atoms with Crippen molar-refractivity contribution in [3.8, 4) is 5.75 Å². The predicted octanol–water partition coefficient (Wildman–Crippen LogP) is 3.38. The number of hydrogen-bond donors (Lipinski definition) is 1. The summed E-state index contributed by atoms with van der Waals surface area (Å²) in [6.45, 7) is 3.31. The third-order valence-corrected chi connectivity index (χ3v) is 6.85. The van der Waals surface area contributed by atoms with Crippen LogP contribution >= 0.6 is 27.5 Å². The third kappa shape index (κ3) is 4.06. The molecule has 7 nitrogen and oxygen atoms in total. The second-order valence-electron chi connectivity index (χ2n) is 6.46. The summed E-state index contributed by atoms with van der Waals surface area (Å²) < 4.78 is 32.3. The lowest BCUT2D eigenvalue weighted by Crippen LogP contribution is -2.34. The molecule has 1 aliphatic rings. The second-order valence-corrected chi connectivity index (χ2v) is 9.35. The van der Waals surface area contributed by atoms with Crippen molar-refractivity contribution in [2.24, 2.45) is 0 Å². The Hall–Kier alpha value is -1.97. The number of pyridine rings is 1. The van der Waals surface area contributed by atoms with E-state index >= 15 is 0 Å². The molecule has 0 bridgehead atoms. The zero-order valence-corrected chi connectivity index (χ0v) is 18.1. The van der Waals surface area contributed by atoms with Crippen molar-refractivity contribution < 1.29 is 22.7 Å². The molecule has 0 saturated carbocycles. The monoisotopic (exact) mass is 486 g/mol.